The van der Waals surface area contributed by atoms with Crippen LogP contribution in [0.15, 0.2) is 96.1 Å². The van der Waals surface area contributed by atoms with Gasteiger partial charge in [-0.2, -0.15) is 0 Å². The van der Waals surface area contributed by atoms with E-state index in [1.54, 1.807) is 58.4 Å². The number of carbonyl (C=O) groups is 1. The van der Waals surface area contributed by atoms with Crippen molar-refractivity contribution in [2.45, 2.75) is 26.6 Å². The van der Waals surface area contributed by atoms with Crippen molar-refractivity contribution in [3.63, 3.8) is 0 Å². The first-order chi connectivity index (χ1) is 18.3. The molecule has 4 aromatic rings. The van der Waals surface area contributed by atoms with Crippen molar-refractivity contribution >= 4 is 34.6 Å². The number of hydrogen-bond acceptors (Lipinski definition) is 5. The van der Waals surface area contributed by atoms with Gasteiger partial charge in [0.15, 0.2) is 17.8 Å². The number of carbonyl (C=O) groups excluding carboxylic acids is 1. The minimum absolute atomic E-state index is 0.0183. The van der Waals surface area contributed by atoms with Gasteiger partial charge in [-0.15, -0.1) is 5.10 Å². The van der Waals surface area contributed by atoms with Crippen LogP contribution in [0.4, 0.5) is 20.2 Å². The summed E-state index contributed by atoms with van der Waals surface area (Å²) in [5.74, 6) is -0.447. The molecule has 0 fully saturated rings. The number of Topliss-reactive ketones (excluding diaryl/α,β-unsaturated/α-hetero) is 1. The Morgan fingerprint density at radius 3 is 2.32 bits per heavy atom. The fourth-order valence-corrected chi connectivity index (χ4v) is 4.51. The van der Waals surface area contributed by atoms with E-state index in [1.165, 1.54) is 25.1 Å². The smallest absolute Gasteiger partial charge is 0.198 e. The first-order valence-corrected chi connectivity index (χ1v) is 12.4. The Morgan fingerprint density at radius 2 is 1.63 bits per heavy atom. The highest BCUT2D eigenvalue weighted by molar-refractivity contribution is 6.44. The molecule has 0 bridgehead atoms. The van der Waals surface area contributed by atoms with Crippen molar-refractivity contribution in [2.75, 3.05) is 9.91 Å². The molecule has 0 N–H and O–H groups in total. The van der Waals surface area contributed by atoms with E-state index in [1.807, 2.05) is 31.2 Å². The normalized spacial score (nSPS) is 15.0. The molecule has 0 aliphatic carbocycles. The number of ketones is 1. The van der Waals surface area contributed by atoms with Crippen LogP contribution in [0.5, 0.6) is 5.75 Å². The molecule has 0 amide bonds. The molecule has 1 aliphatic rings. The maximum absolute atomic E-state index is 14.3. The fraction of sp³-hybridized carbons (Fsp3) is 0.133. The van der Waals surface area contributed by atoms with Gasteiger partial charge in [0.2, 0.25) is 0 Å². The first-order valence-electron chi connectivity index (χ1n) is 12.0. The molecule has 0 saturated carbocycles. The maximum atomic E-state index is 14.3. The van der Waals surface area contributed by atoms with Crippen molar-refractivity contribution in [2.24, 2.45) is 5.10 Å². The highest BCUT2D eigenvalue weighted by Gasteiger charge is 2.40. The van der Waals surface area contributed by atoms with E-state index in [2.05, 4.69) is 0 Å². The Bertz CT molecular complexity index is 1510. The standard InChI is InChI=1S/C30H24ClF2N3O2/c1-19-7-12-25(13-8-19)36-30(35(29(34-36)20(2)37)24-14-10-23(32)11-15-24)26-17-22(31)9-16-28(26)38-18-21-5-3-4-6-27(21)33/h3-17,30H,18H2,1-2H3/t30-/m0/s1. The Morgan fingerprint density at radius 1 is 0.947 bits per heavy atom. The molecule has 0 aromatic heterocycles. The lowest BCUT2D eigenvalue weighted by Gasteiger charge is -2.33. The van der Waals surface area contributed by atoms with Crippen molar-refractivity contribution in [3.05, 3.63) is 124 Å². The number of nitrogens with zero attached hydrogens (tertiary/aromatic N) is 3. The molecule has 8 heteroatoms. The average molecular weight is 532 g/mol. The molecule has 4 aromatic carbocycles. The summed E-state index contributed by atoms with van der Waals surface area (Å²) < 4.78 is 34.3. The molecular formula is C30H24ClF2N3O2. The van der Waals surface area contributed by atoms with Gasteiger partial charge >= 0.3 is 0 Å². The molecule has 0 saturated heterocycles. The van der Waals surface area contributed by atoms with Crippen molar-refractivity contribution in [3.8, 4) is 5.75 Å². The summed E-state index contributed by atoms with van der Waals surface area (Å²) in [4.78, 5) is 14.6. The summed E-state index contributed by atoms with van der Waals surface area (Å²) in [7, 11) is 0. The lowest BCUT2D eigenvalue weighted by molar-refractivity contribution is -0.111. The number of amidine groups is 1. The fourth-order valence-electron chi connectivity index (χ4n) is 4.33. The van der Waals surface area contributed by atoms with Crippen LogP contribution in [-0.4, -0.2) is 11.6 Å². The number of hydrogen-bond donors (Lipinski definition) is 0. The van der Waals surface area contributed by atoms with Crippen molar-refractivity contribution in [1.82, 2.24) is 0 Å². The number of ether oxygens (including phenoxy) is 1. The molecule has 0 spiro atoms. The number of anilines is 2. The van der Waals surface area contributed by atoms with Gasteiger partial charge in [0.05, 0.1) is 5.69 Å². The molecule has 0 unspecified atom stereocenters. The highest BCUT2D eigenvalue weighted by Crippen LogP contribution is 2.43. The van der Waals surface area contributed by atoms with E-state index in [-0.39, 0.29) is 24.0 Å². The second-order valence-electron chi connectivity index (χ2n) is 8.94. The molecule has 192 valence electrons. The topological polar surface area (TPSA) is 45.1 Å². The van der Waals surface area contributed by atoms with Crippen LogP contribution in [-0.2, 0) is 11.4 Å². The number of halogens is 3. The van der Waals surface area contributed by atoms with Crippen LogP contribution in [0.25, 0.3) is 0 Å². The Balaban J connectivity index is 1.65. The predicted octanol–water partition coefficient (Wildman–Crippen LogP) is 7.43. The Kier molecular flexibility index (Phi) is 7.11. The molecule has 0 radical (unpaired) electrons. The zero-order chi connectivity index (χ0) is 26.8. The molecule has 1 atom stereocenters. The summed E-state index contributed by atoms with van der Waals surface area (Å²) >= 11 is 6.46. The molecule has 1 heterocycles. The Labute approximate surface area is 224 Å². The highest BCUT2D eigenvalue weighted by atomic mass is 35.5. The first kappa shape index (κ1) is 25.4. The lowest BCUT2D eigenvalue weighted by atomic mass is 10.1. The SMILES string of the molecule is CC(=O)C1=NN(c2ccc(C)cc2)[C@@H](c2cc(Cl)ccc2OCc2ccccc2F)N1c1ccc(F)cc1. The third kappa shape index (κ3) is 5.10. The summed E-state index contributed by atoms with van der Waals surface area (Å²) in [5.41, 5.74) is 3.33. The van der Waals surface area contributed by atoms with Crippen molar-refractivity contribution < 1.29 is 18.3 Å². The summed E-state index contributed by atoms with van der Waals surface area (Å²) in [6.45, 7) is 3.39. The van der Waals surface area contributed by atoms with Gasteiger partial charge in [-0.3, -0.25) is 9.69 Å². The number of hydrazone groups is 1. The third-order valence-corrected chi connectivity index (χ3v) is 6.45. The molecular weight excluding hydrogens is 508 g/mol. The van der Waals surface area contributed by atoms with Gasteiger partial charge in [0, 0.05) is 28.8 Å². The van der Waals surface area contributed by atoms with E-state index in [0.717, 1.165) is 11.3 Å². The van der Waals surface area contributed by atoms with Crippen LogP contribution in [0.3, 0.4) is 0 Å². The number of rotatable bonds is 7. The quantitative estimate of drug-likeness (QED) is 0.249. The average Bonchev–Trinajstić information content (AvgIpc) is 3.30. The van der Waals surface area contributed by atoms with Gasteiger partial charge in [0.1, 0.15) is 24.0 Å². The summed E-state index contributed by atoms with van der Waals surface area (Å²) in [6.07, 6.45) is -0.712. The predicted molar refractivity (Wildman–Crippen MR) is 146 cm³/mol. The molecule has 5 rings (SSSR count). The molecule has 38 heavy (non-hydrogen) atoms. The van der Waals surface area contributed by atoms with E-state index >= 15 is 0 Å². The number of benzene rings is 4. The minimum atomic E-state index is -0.712. The largest absolute Gasteiger partial charge is 0.488 e. The minimum Gasteiger partial charge on any atom is -0.488 e. The van der Waals surface area contributed by atoms with Crippen LogP contribution in [0, 0.1) is 18.6 Å². The third-order valence-electron chi connectivity index (χ3n) is 6.22. The van der Waals surface area contributed by atoms with Gasteiger partial charge in [-0.1, -0.05) is 47.5 Å². The van der Waals surface area contributed by atoms with E-state index < -0.39 is 12.0 Å². The van der Waals surface area contributed by atoms with Crippen LogP contribution >= 0.6 is 11.6 Å². The maximum Gasteiger partial charge on any atom is 0.198 e. The zero-order valence-corrected chi connectivity index (χ0v) is 21.5. The summed E-state index contributed by atoms with van der Waals surface area (Å²) in [6, 6.07) is 25.0. The summed E-state index contributed by atoms with van der Waals surface area (Å²) in [5, 5.41) is 6.85. The van der Waals surface area contributed by atoms with Crippen LogP contribution in [0.1, 0.15) is 29.8 Å². The zero-order valence-electron chi connectivity index (χ0n) is 20.7. The van der Waals surface area contributed by atoms with Gasteiger partial charge in [-0.25, -0.2) is 13.8 Å². The second-order valence-corrected chi connectivity index (χ2v) is 9.38. The van der Waals surface area contributed by atoms with E-state index in [4.69, 9.17) is 21.4 Å². The molecule has 1 aliphatic heterocycles. The lowest BCUT2D eigenvalue weighted by Crippen LogP contribution is -2.38. The van der Waals surface area contributed by atoms with Gasteiger partial charge in [0.25, 0.3) is 0 Å². The second kappa shape index (κ2) is 10.6. The molecule has 5 nitrogen and oxygen atoms in total. The van der Waals surface area contributed by atoms with Gasteiger partial charge < -0.3 is 4.74 Å². The van der Waals surface area contributed by atoms with Gasteiger partial charge in [-0.05, 0) is 67.6 Å². The number of aryl methyl sites for hydroxylation is 1. The van der Waals surface area contributed by atoms with E-state index in [0.29, 0.717) is 27.6 Å². The monoisotopic (exact) mass is 531 g/mol. The Hall–Kier alpha value is -4.23. The van der Waals surface area contributed by atoms with Crippen LogP contribution in [0.2, 0.25) is 5.02 Å². The van der Waals surface area contributed by atoms with Crippen LogP contribution < -0.4 is 14.6 Å². The van der Waals surface area contributed by atoms with E-state index in [9.17, 15) is 13.6 Å². The van der Waals surface area contributed by atoms with Crippen molar-refractivity contribution in [1.29, 1.82) is 0 Å².